The second kappa shape index (κ2) is 10.8. The molecule has 1 N–H and O–H groups in total. The summed E-state index contributed by atoms with van der Waals surface area (Å²) in [7, 11) is 1.36. The van der Waals surface area contributed by atoms with Crippen molar-refractivity contribution in [1.82, 2.24) is 9.88 Å². The number of amides is 1. The lowest BCUT2D eigenvalue weighted by Gasteiger charge is -2.25. The van der Waals surface area contributed by atoms with Gasteiger partial charge in [-0.05, 0) is 50.0 Å². The van der Waals surface area contributed by atoms with Crippen LogP contribution < -0.4 is 14.8 Å². The molecular formula is C21H26F3N3O3S. The summed E-state index contributed by atoms with van der Waals surface area (Å²) in [5.41, 5.74) is 1.72. The van der Waals surface area contributed by atoms with E-state index in [9.17, 15) is 18.0 Å². The average molecular weight is 458 g/mol. The Morgan fingerprint density at radius 2 is 2.00 bits per heavy atom. The van der Waals surface area contributed by atoms with Gasteiger partial charge in [0.05, 0.1) is 12.8 Å². The first-order valence-corrected chi connectivity index (χ1v) is 11.0. The summed E-state index contributed by atoms with van der Waals surface area (Å²) in [6.45, 7) is 1.58. The molecule has 0 radical (unpaired) electrons. The fraction of sp³-hybridized carbons (Fsp3) is 0.524. The molecule has 0 aliphatic carbocycles. The zero-order chi connectivity index (χ0) is 22.3. The van der Waals surface area contributed by atoms with Gasteiger partial charge in [0, 0.05) is 18.3 Å². The van der Waals surface area contributed by atoms with E-state index in [0.717, 1.165) is 30.9 Å². The predicted octanol–water partition coefficient (Wildman–Crippen LogP) is 4.65. The van der Waals surface area contributed by atoms with E-state index in [0.29, 0.717) is 11.6 Å². The van der Waals surface area contributed by atoms with Crippen molar-refractivity contribution in [3.8, 4) is 11.5 Å². The molecule has 1 amide bonds. The van der Waals surface area contributed by atoms with E-state index >= 15 is 0 Å². The maximum atomic E-state index is 12.3. The topological polar surface area (TPSA) is 63.7 Å². The maximum Gasteiger partial charge on any atom is 0.422 e. The van der Waals surface area contributed by atoms with Crippen LogP contribution in [-0.4, -0.2) is 48.8 Å². The third-order valence-electron chi connectivity index (χ3n) is 4.89. The number of benzene rings is 1. The smallest absolute Gasteiger partial charge is 0.422 e. The van der Waals surface area contributed by atoms with Crippen molar-refractivity contribution in [3.63, 3.8) is 0 Å². The molecule has 1 aromatic carbocycles. The summed E-state index contributed by atoms with van der Waals surface area (Å²) in [5.74, 6) is 0.0386. The number of carbonyl (C=O) groups is 1. The molecule has 2 aromatic rings. The van der Waals surface area contributed by atoms with Gasteiger partial charge < -0.3 is 14.8 Å². The summed E-state index contributed by atoms with van der Waals surface area (Å²) >= 11 is 1.41. The molecular weight excluding hydrogens is 431 g/mol. The van der Waals surface area contributed by atoms with Crippen molar-refractivity contribution in [1.29, 1.82) is 0 Å². The molecule has 1 aliphatic rings. The van der Waals surface area contributed by atoms with Gasteiger partial charge in [-0.25, -0.2) is 4.98 Å². The summed E-state index contributed by atoms with van der Waals surface area (Å²) in [6, 6.07) is 4.63. The molecule has 6 nitrogen and oxygen atoms in total. The number of alkyl halides is 3. The normalized spacial score (nSPS) is 15.0. The number of aromatic nitrogens is 1. The average Bonchev–Trinajstić information content (AvgIpc) is 3.17. The molecule has 31 heavy (non-hydrogen) atoms. The number of hydrogen-bond donors (Lipinski definition) is 1. The van der Waals surface area contributed by atoms with Crippen molar-refractivity contribution in [2.45, 2.75) is 44.8 Å². The molecule has 1 aliphatic heterocycles. The maximum absolute atomic E-state index is 12.3. The molecule has 0 spiro atoms. The quantitative estimate of drug-likeness (QED) is 0.594. The Morgan fingerprint density at radius 3 is 2.71 bits per heavy atom. The first-order chi connectivity index (χ1) is 14.8. The van der Waals surface area contributed by atoms with Crippen molar-refractivity contribution in [2.75, 3.05) is 32.1 Å². The van der Waals surface area contributed by atoms with Crippen LogP contribution in [0.3, 0.4) is 0 Å². The third-order valence-corrected chi connectivity index (χ3v) is 5.70. The number of halogens is 3. The van der Waals surface area contributed by atoms with Gasteiger partial charge in [0.1, 0.15) is 0 Å². The highest BCUT2D eigenvalue weighted by atomic mass is 32.1. The molecule has 3 rings (SSSR count). The molecule has 0 atom stereocenters. The van der Waals surface area contributed by atoms with E-state index in [1.165, 1.54) is 43.8 Å². The lowest BCUT2D eigenvalue weighted by Crippen LogP contribution is -2.29. The predicted molar refractivity (Wildman–Crippen MR) is 113 cm³/mol. The van der Waals surface area contributed by atoms with Crippen LogP contribution in [0.4, 0.5) is 18.3 Å². The molecule has 1 aromatic heterocycles. The minimum atomic E-state index is -4.43. The first-order valence-electron chi connectivity index (χ1n) is 10.2. The molecule has 170 valence electrons. The lowest BCUT2D eigenvalue weighted by molar-refractivity contribution is -0.153. The monoisotopic (exact) mass is 457 g/mol. The Kier molecular flexibility index (Phi) is 8.14. The molecule has 10 heteroatoms. The van der Waals surface area contributed by atoms with Gasteiger partial charge in [-0.1, -0.05) is 12.5 Å². The number of anilines is 1. The number of ether oxygens (including phenoxy) is 2. The fourth-order valence-corrected chi connectivity index (χ4v) is 4.09. The molecule has 0 unspecified atom stereocenters. The van der Waals surface area contributed by atoms with Gasteiger partial charge in [-0.2, -0.15) is 13.2 Å². The zero-order valence-corrected chi connectivity index (χ0v) is 18.2. The van der Waals surface area contributed by atoms with Crippen molar-refractivity contribution >= 4 is 22.4 Å². The van der Waals surface area contributed by atoms with E-state index in [2.05, 4.69) is 15.2 Å². The largest absolute Gasteiger partial charge is 0.493 e. The minimum Gasteiger partial charge on any atom is -0.493 e. The molecule has 2 heterocycles. The number of carbonyl (C=O) groups excluding carboxylic acids is 1. The summed E-state index contributed by atoms with van der Waals surface area (Å²) in [4.78, 5) is 19.2. The summed E-state index contributed by atoms with van der Waals surface area (Å²) in [6.07, 6.45) is -0.0854. The number of likely N-dealkylation sites (tertiary alicyclic amines) is 1. The van der Waals surface area contributed by atoms with Crippen LogP contribution in [0.5, 0.6) is 11.5 Å². The number of hydrogen-bond acceptors (Lipinski definition) is 6. The first kappa shape index (κ1) is 23.3. The minimum absolute atomic E-state index is 0.0112. The number of methoxy groups -OCH3 is 1. The van der Waals surface area contributed by atoms with Crippen molar-refractivity contribution in [2.24, 2.45) is 0 Å². The zero-order valence-electron chi connectivity index (χ0n) is 17.3. The SMILES string of the molecule is COc1cc(CCC(=O)Nc2nc(CN3CCCCC3)cs2)ccc1OCC(F)(F)F. The van der Waals surface area contributed by atoms with Crippen LogP contribution in [-0.2, 0) is 17.8 Å². The van der Waals surface area contributed by atoms with E-state index < -0.39 is 12.8 Å². The second-order valence-corrected chi connectivity index (χ2v) is 8.28. The van der Waals surface area contributed by atoms with E-state index in [4.69, 9.17) is 9.47 Å². The Labute approximate surface area is 183 Å². The molecule has 0 bridgehead atoms. The van der Waals surface area contributed by atoms with Gasteiger partial charge in [0.2, 0.25) is 5.91 Å². The molecule has 0 saturated carbocycles. The van der Waals surface area contributed by atoms with Crippen LogP contribution in [0.25, 0.3) is 0 Å². The highest BCUT2D eigenvalue weighted by molar-refractivity contribution is 7.13. The van der Waals surface area contributed by atoms with E-state index in [-0.39, 0.29) is 23.8 Å². The van der Waals surface area contributed by atoms with Crippen LogP contribution in [0.2, 0.25) is 0 Å². The van der Waals surface area contributed by atoms with Gasteiger partial charge in [0.15, 0.2) is 23.2 Å². The number of nitrogens with zero attached hydrogens (tertiary/aromatic N) is 2. The van der Waals surface area contributed by atoms with Crippen molar-refractivity contribution in [3.05, 3.63) is 34.8 Å². The lowest BCUT2D eigenvalue weighted by atomic mass is 10.1. The van der Waals surface area contributed by atoms with Crippen molar-refractivity contribution < 1.29 is 27.4 Å². The number of nitrogens with one attached hydrogen (secondary N) is 1. The summed E-state index contributed by atoms with van der Waals surface area (Å²) in [5, 5.41) is 5.36. The standard InChI is InChI=1S/C21H26F3N3O3S/c1-29-18-11-15(5-7-17(18)30-14-21(22,23)24)6-8-19(28)26-20-25-16(13-31-20)12-27-9-3-2-4-10-27/h5,7,11,13H,2-4,6,8-10,12,14H2,1H3,(H,25,26,28). The van der Waals surface area contributed by atoms with Gasteiger partial charge >= 0.3 is 6.18 Å². The van der Waals surface area contributed by atoms with Gasteiger partial charge in [-0.3, -0.25) is 9.69 Å². The number of piperidine rings is 1. The third kappa shape index (κ3) is 7.70. The van der Waals surface area contributed by atoms with Gasteiger partial charge in [0.25, 0.3) is 0 Å². The molecule has 1 fully saturated rings. The Morgan fingerprint density at radius 1 is 1.23 bits per heavy atom. The Balaban J connectivity index is 1.48. The second-order valence-electron chi connectivity index (χ2n) is 7.42. The highest BCUT2D eigenvalue weighted by Gasteiger charge is 2.29. The van der Waals surface area contributed by atoms with Gasteiger partial charge in [-0.15, -0.1) is 11.3 Å². The van der Waals surface area contributed by atoms with Crippen LogP contribution in [0.1, 0.15) is 36.9 Å². The highest BCUT2D eigenvalue weighted by Crippen LogP contribution is 2.30. The van der Waals surface area contributed by atoms with Crippen LogP contribution >= 0.6 is 11.3 Å². The van der Waals surface area contributed by atoms with E-state index in [1.807, 2.05) is 5.38 Å². The molecule has 1 saturated heterocycles. The Hall–Kier alpha value is -2.33. The number of rotatable bonds is 9. The van der Waals surface area contributed by atoms with Crippen LogP contribution in [0.15, 0.2) is 23.6 Å². The number of thiazole rings is 1. The van der Waals surface area contributed by atoms with Crippen LogP contribution in [0, 0.1) is 0 Å². The summed E-state index contributed by atoms with van der Waals surface area (Å²) < 4.78 is 46.9. The Bertz CT molecular complexity index is 867. The fourth-order valence-electron chi connectivity index (χ4n) is 3.37. The van der Waals surface area contributed by atoms with E-state index in [1.54, 1.807) is 12.1 Å². The number of aryl methyl sites for hydroxylation is 1.